The summed E-state index contributed by atoms with van der Waals surface area (Å²) >= 11 is 3.37. The number of unbranched alkanes of at least 4 members (excludes halogenated alkanes) is 1. The summed E-state index contributed by atoms with van der Waals surface area (Å²) in [6.45, 7) is 2.48. The van der Waals surface area contributed by atoms with Gasteiger partial charge in [0.05, 0.1) is 18.8 Å². The van der Waals surface area contributed by atoms with Gasteiger partial charge < -0.3 is 14.6 Å². The molecular formula is C23H25BrO6. The smallest absolute Gasteiger partial charge is 0.338 e. The van der Waals surface area contributed by atoms with Crippen LogP contribution in [0.1, 0.15) is 58.0 Å². The maximum atomic E-state index is 13.0. The Bertz CT molecular complexity index is 893. The molecule has 0 spiro atoms. The van der Waals surface area contributed by atoms with Crippen LogP contribution in [0, 0.1) is 0 Å². The zero-order valence-electron chi connectivity index (χ0n) is 16.9. The number of esters is 1. The quantitative estimate of drug-likeness (QED) is 0.207. The second kappa shape index (κ2) is 12.1. The Labute approximate surface area is 184 Å². The number of carbonyl (C=O) groups excluding carboxylic acids is 2. The molecule has 0 aromatic heterocycles. The molecule has 0 saturated carbocycles. The van der Waals surface area contributed by atoms with Gasteiger partial charge in [-0.3, -0.25) is 9.59 Å². The second-order valence-electron chi connectivity index (χ2n) is 6.59. The third-order valence-electron chi connectivity index (χ3n) is 4.35. The van der Waals surface area contributed by atoms with Crippen molar-refractivity contribution in [2.45, 2.75) is 32.6 Å². The first-order chi connectivity index (χ1) is 14.5. The Kier molecular flexibility index (Phi) is 9.54. The van der Waals surface area contributed by atoms with Gasteiger partial charge >= 0.3 is 11.9 Å². The fraction of sp³-hybridized carbons (Fsp3) is 0.348. The van der Waals surface area contributed by atoms with Crippen molar-refractivity contribution in [1.82, 2.24) is 0 Å². The van der Waals surface area contributed by atoms with Gasteiger partial charge in [0.15, 0.2) is 5.78 Å². The van der Waals surface area contributed by atoms with E-state index in [9.17, 15) is 14.4 Å². The zero-order valence-corrected chi connectivity index (χ0v) is 18.4. The van der Waals surface area contributed by atoms with Crippen molar-refractivity contribution >= 4 is 33.7 Å². The number of hydrogen-bond acceptors (Lipinski definition) is 5. The van der Waals surface area contributed by atoms with Crippen molar-refractivity contribution in [3.63, 3.8) is 0 Å². The van der Waals surface area contributed by atoms with E-state index in [4.69, 9.17) is 14.6 Å². The number of aliphatic carboxylic acids is 1. The molecular weight excluding hydrogens is 452 g/mol. The first-order valence-electron chi connectivity index (χ1n) is 9.81. The summed E-state index contributed by atoms with van der Waals surface area (Å²) in [7, 11) is 0. The number of benzene rings is 2. The third-order valence-corrected chi connectivity index (χ3v) is 4.91. The van der Waals surface area contributed by atoms with Crippen molar-refractivity contribution in [3.05, 3.63) is 64.7 Å². The Morgan fingerprint density at radius 1 is 1.00 bits per heavy atom. The van der Waals surface area contributed by atoms with Crippen LogP contribution >= 0.6 is 15.9 Å². The molecule has 2 aromatic rings. The summed E-state index contributed by atoms with van der Waals surface area (Å²) in [5, 5.41) is 9.93. The summed E-state index contributed by atoms with van der Waals surface area (Å²) in [6.07, 6.45) is 2.03. The molecule has 0 heterocycles. The van der Waals surface area contributed by atoms with Crippen LogP contribution in [0.15, 0.2) is 42.5 Å². The topological polar surface area (TPSA) is 89.9 Å². The largest absolute Gasteiger partial charge is 0.493 e. The van der Waals surface area contributed by atoms with E-state index in [-0.39, 0.29) is 25.2 Å². The molecule has 0 saturated heterocycles. The highest BCUT2D eigenvalue weighted by molar-refractivity contribution is 9.09. The highest BCUT2D eigenvalue weighted by Gasteiger charge is 2.16. The Hall–Kier alpha value is -2.67. The number of rotatable bonds is 12. The SMILES string of the molecule is CCOC(=O)c1cccc(C(=O)c2ccc(OCCCCBr)c(CCC(=O)O)c2)c1. The first kappa shape index (κ1) is 23.6. The predicted octanol–water partition coefficient (Wildman–Crippen LogP) is 4.67. The molecule has 160 valence electrons. The standard InChI is InChI=1S/C23H25BrO6/c1-2-29-23(28)19-7-5-6-17(15-19)22(27)18-8-10-20(30-13-4-3-12-24)16(14-18)9-11-21(25)26/h5-8,10,14-15H,2-4,9,11-13H2,1H3,(H,25,26). The minimum Gasteiger partial charge on any atom is -0.493 e. The number of carboxylic acid groups (broad SMARTS) is 1. The number of ketones is 1. The molecule has 0 atom stereocenters. The monoisotopic (exact) mass is 476 g/mol. The number of carbonyl (C=O) groups is 3. The van der Waals surface area contributed by atoms with Crippen molar-refractivity contribution in [2.75, 3.05) is 18.5 Å². The van der Waals surface area contributed by atoms with Crippen LogP contribution in [0.3, 0.4) is 0 Å². The van der Waals surface area contributed by atoms with Gasteiger partial charge in [-0.25, -0.2) is 4.79 Å². The van der Waals surface area contributed by atoms with E-state index in [1.54, 1.807) is 43.3 Å². The summed E-state index contributed by atoms with van der Waals surface area (Å²) < 4.78 is 10.8. The van der Waals surface area contributed by atoms with Crippen molar-refractivity contribution in [3.8, 4) is 5.75 Å². The molecule has 0 aliphatic heterocycles. The summed E-state index contributed by atoms with van der Waals surface area (Å²) in [5.41, 5.74) is 1.74. The number of hydrogen-bond donors (Lipinski definition) is 1. The molecule has 0 unspecified atom stereocenters. The van der Waals surface area contributed by atoms with Gasteiger partial charge in [-0.05, 0) is 62.1 Å². The molecule has 0 bridgehead atoms. The molecule has 30 heavy (non-hydrogen) atoms. The van der Waals surface area contributed by atoms with Gasteiger partial charge in [0, 0.05) is 22.9 Å². The molecule has 2 aromatic carbocycles. The van der Waals surface area contributed by atoms with Crippen molar-refractivity contribution in [2.24, 2.45) is 0 Å². The Balaban J connectivity index is 2.26. The Morgan fingerprint density at radius 2 is 1.73 bits per heavy atom. The number of alkyl halides is 1. The minimum absolute atomic E-state index is 0.0618. The number of halogens is 1. The van der Waals surface area contributed by atoms with Gasteiger partial charge in [0.1, 0.15) is 5.75 Å². The molecule has 0 aliphatic carbocycles. The summed E-state index contributed by atoms with van der Waals surface area (Å²) in [5.74, 6) is -1.08. The molecule has 7 heteroatoms. The molecule has 2 rings (SSSR count). The van der Waals surface area contributed by atoms with E-state index in [0.29, 0.717) is 34.6 Å². The van der Waals surface area contributed by atoms with Crippen LogP contribution in [0.2, 0.25) is 0 Å². The van der Waals surface area contributed by atoms with E-state index >= 15 is 0 Å². The molecule has 0 aliphatic rings. The van der Waals surface area contributed by atoms with E-state index < -0.39 is 11.9 Å². The molecule has 0 radical (unpaired) electrons. The lowest BCUT2D eigenvalue weighted by molar-refractivity contribution is -0.136. The lowest BCUT2D eigenvalue weighted by atomic mass is 9.98. The summed E-state index contributed by atoms with van der Waals surface area (Å²) in [6, 6.07) is 11.4. The van der Waals surface area contributed by atoms with E-state index in [0.717, 1.165) is 18.2 Å². The van der Waals surface area contributed by atoms with Crippen LogP contribution in [0.5, 0.6) is 5.75 Å². The fourth-order valence-corrected chi connectivity index (χ4v) is 3.24. The summed E-state index contributed by atoms with van der Waals surface area (Å²) in [4.78, 5) is 35.9. The van der Waals surface area contributed by atoms with Gasteiger partial charge in [-0.15, -0.1) is 0 Å². The zero-order chi connectivity index (χ0) is 21.9. The normalized spacial score (nSPS) is 10.5. The highest BCUT2D eigenvalue weighted by atomic mass is 79.9. The van der Waals surface area contributed by atoms with Crippen LogP contribution in [-0.2, 0) is 16.0 Å². The molecule has 6 nitrogen and oxygen atoms in total. The number of carboxylic acids is 1. The van der Waals surface area contributed by atoms with Gasteiger partial charge in [0.25, 0.3) is 0 Å². The molecule has 0 amide bonds. The van der Waals surface area contributed by atoms with Gasteiger partial charge in [0.2, 0.25) is 0 Å². The Morgan fingerprint density at radius 3 is 2.43 bits per heavy atom. The molecule has 0 fully saturated rings. The maximum Gasteiger partial charge on any atom is 0.338 e. The van der Waals surface area contributed by atoms with Crippen LogP contribution < -0.4 is 4.74 Å². The molecule has 1 N–H and O–H groups in total. The average Bonchev–Trinajstić information content (AvgIpc) is 2.75. The van der Waals surface area contributed by atoms with E-state index in [1.807, 2.05) is 0 Å². The van der Waals surface area contributed by atoms with Crippen LogP contribution in [0.25, 0.3) is 0 Å². The second-order valence-corrected chi connectivity index (χ2v) is 7.38. The lowest BCUT2D eigenvalue weighted by Gasteiger charge is -2.13. The van der Waals surface area contributed by atoms with Crippen LogP contribution in [-0.4, -0.2) is 41.4 Å². The third kappa shape index (κ3) is 6.99. The lowest BCUT2D eigenvalue weighted by Crippen LogP contribution is -2.09. The van der Waals surface area contributed by atoms with Crippen molar-refractivity contribution < 1.29 is 29.0 Å². The first-order valence-corrected chi connectivity index (χ1v) is 10.9. The maximum absolute atomic E-state index is 13.0. The number of aryl methyl sites for hydroxylation is 1. The highest BCUT2D eigenvalue weighted by Crippen LogP contribution is 2.24. The van der Waals surface area contributed by atoms with Gasteiger partial charge in [-0.1, -0.05) is 28.1 Å². The minimum atomic E-state index is -0.917. The fourth-order valence-electron chi connectivity index (χ4n) is 2.85. The van der Waals surface area contributed by atoms with Crippen LogP contribution in [0.4, 0.5) is 0 Å². The van der Waals surface area contributed by atoms with E-state index in [1.165, 1.54) is 6.07 Å². The average molecular weight is 477 g/mol. The van der Waals surface area contributed by atoms with E-state index in [2.05, 4.69) is 15.9 Å². The van der Waals surface area contributed by atoms with Gasteiger partial charge in [-0.2, -0.15) is 0 Å². The van der Waals surface area contributed by atoms with Crippen molar-refractivity contribution in [1.29, 1.82) is 0 Å². The number of ether oxygens (including phenoxy) is 2. The predicted molar refractivity (Wildman–Crippen MR) is 117 cm³/mol.